The third kappa shape index (κ3) is 2.33. The molecule has 2 nitrogen and oxygen atoms in total. The molecular formula is C11H8Br2O2. The van der Waals surface area contributed by atoms with Gasteiger partial charge in [0.1, 0.15) is 6.10 Å². The maximum Gasteiger partial charge on any atom is 0.175 e. The van der Waals surface area contributed by atoms with Gasteiger partial charge in [-0.25, -0.2) is 0 Å². The van der Waals surface area contributed by atoms with E-state index < -0.39 is 6.10 Å². The van der Waals surface area contributed by atoms with Crippen molar-refractivity contribution < 1.29 is 9.52 Å². The number of aliphatic hydroxyl groups is 1. The van der Waals surface area contributed by atoms with Gasteiger partial charge in [0, 0.05) is 10.0 Å². The molecule has 0 fully saturated rings. The van der Waals surface area contributed by atoms with Crippen molar-refractivity contribution in [1.82, 2.24) is 0 Å². The first-order valence-electron chi connectivity index (χ1n) is 4.35. The highest BCUT2D eigenvalue weighted by atomic mass is 79.9. The van der Waals surface area contributed by atoms with Crippen molar-refractivity contribution in [3.05, 3.63) is 56.9 Å². The Kier molecular flexibility index (Phi) is 3.29. The Balaban J connectivity index is 2.32. The monoisotopic (exact) mass is 330 g/mol. The van der Waals surface area contributed by atoms with Gasteiger partial charge >= 0.3 is 0 Å². The van der Waals surface area contributed by atoms with Gasteiger partial charge in [-0.3, -0.25) is 0 Å². The molecule has 0 spiro atoms. The van der Waals surface area contributed by atoms with Gasteiger partial charge < -0.3 is 9.52 Å². The molecule has 0 aliphatic carbocycles. The van der Waals surface area contributed by atoms with Gasteiger partial charge in [-0.2, -0.15) is 0 Å². The van der Waals surface area contributed by atoms with Crippen LogP contribution in [0, 0.1) is 0 Å². The second-order valence-electron chi connectivity index (χ2n) is 3.10. The van der Waals surface area contributed by atoms with Gasteiger partial charge in [0.15, 0.2) is 4.67 Å². The molecule has 0 radical (unpaired) electrons. The summed E-state index contributed by atoms with van der Waals surface area (Å²) in [6.45, 7) is 0. The molecule has 1 unspecified atom stereocenters. The van der Waals surface area contributed by atoms with E-state index in [-0.39, 0.29) is 0 Å². The molecule has 2 rings (SSSR count). The smallest absolute Gasteiger partial charge is 0.175 e. The normalized spacial score (nSPS) is 12.7. The lowest BCUT2D eigenvalue weighted by atomic mass is 10.0. The summed E-state index contributed by atoms with van der Waals surface area (Å²) in [7, 11) is 0. The zero-order valence-electron chi connectivity index (χ0n) is 7.65. The maximum absolute atomic E-state index is 10.0. The number of hydrogen-bond donors (Lipinski definition) is 1. The van der Waals surface area contributed by atoms with Gasteiger partial charge in [0.25, 0.3) is 0 Å². The van der Waals surface area contributed by atoms with Crippen LogP contribution in [0.1, 0.15) is 17.2 Å². The third-order valence-electron chi connectivity index (χ3n) is 2.13. The molecule has 0 saturated carbocycles. The zero-order valence-corrected chi connectivity index (χ0v) is 10.8. The molecular weight excluding hydrogens is 324 g/mol. The molecule has 4 heteroatoms. The Morgan fingerprint density at radius 2 is 1.73 bits per heavy atom. The fourth-order valence-electron chi connectivity index (χ4n) is 1.32. The van der Waals surface area contributed by atoms with Crippen LogP contribution in [0.2, 0.25) is 0 Å². The second kappa shape index (κ2) is 4.51. The van der Waals surface area contributed by atoms with E-state index in [0.29, 0.717) is 4.67 Å². The summed E-state index contributed by atoms with van der Waals surface area (Å²) in [5.41, 5.74) is 1.57. The van der Waals surface area contributed by atoms with Gasteiger partial charge in [0.05, 0.1) is 6.26 Å². The first kappa shape index (κ1) is 10.9. The van der Waals surface area contributed by atoms with Crippen molar-refractivity contribution in [2.45, 2.75) is 6.10 Å². The van der Waals surface area contributed by atoms with Crippen molar-refractivity contribution in [3.8, 4) is 0 Å². The summed E-state index contributed by atoms with van der Waals surface area (Å²) in [5, 5.41) is 10.0. The first-order valence-corrected chi connectivity index (χ1v) is 5.93. The summed E-state index contributed by atoms with van der Waals surface area (Å²) < 4.78 is 6.64. The molecule has 78 valence electrons. The van der Waals surface area contributed by atoms with Crippen LogP contribution in [0.15, 0.2) is 50.2 Å². The topological polar surface area (TPSA) is 33.4 Å². The minimum absolute atomic E-state index is 0.568. The number of halogens is 2. The second-order valence-corrected chi connectivity index (χ2v) is 4.74. The number of furan rings is 1. The molecule has 1 N–H and O–H groups in total. The van der Waals surface area contributed by atoms with Crippen LogP contribution in [-0.4, -0.2) is 5.11 Å². The van der Waals surface area contributed by atoms with Gasteiger partial charge in [-0.1, -0.05) is 28.1 Å². The summed E-state index contributed by atoms with van der Waals surface area (Å²) in [6.07, 6.45) is 0.882. The Morgan fingerprint density at radius 1 is 1.07 bits per heavy atom. The maximum atomic E-state index is 10.0. The van der Waals surface area contributed by atoms with Crippen molar-refractivity contribution in [2.24, 2.45) is 0 Å². The van der Waals surface area contributed by atoms with E-state index in [2.05, 4.69) is 31.9 Å². The molecule has 0 aliphatic rings. The van der Waals surface area contributed by atoms with Crippen LogP contribution in [0.4, 0.5) is 0 Å². The lowest BCUT2D eigenvalue weighted by molar-refractivity contribution is 0.218. The van der Waals surface area contributed by atoms with E-state index in [1.807, 2.05) is 24.3 Å². The molecule has 2 aromatic rings. The molecule has 0 saturated heterocycles. The number of rotatable bonds is 2. The van der Waals surface area contributed by atoms with E-state index in [4.69, 9.17) is 4.42 Å². The Morgan fingerprint density at radius 3 is 2.27 bits per heavy atom. The van der Waals surface area contributed by atoms with Crippen LogP contribution < -0.4 is 0 Å². The van der Waals surface area contributed by atoms with Crippen LogP contribution in [-0.2, 0) is 0 Å². The minimum Gasteiger partial charge on any atom is -0.457 e. The number of aliphatic hydroxyl groups excluding tert-OH is 1. The van der Waals surface area contributed by atoms with E-state index in [0.717, 1.165) is 15.6 Å². The SMILES string of the molecule is OC(c1ccc(Br)cc1)c1ccoc1Br. The van der Waals surface area contributed by atoms with Crippen molar-refractivity contribution in [2.75, 3.05) is 0 Å². The zero-order chi connectivity index (χ0) is 10.8. The molecule has 0 amide bonds. The van der Waals surface area contributed by atoms with Gasteiger partial charge in [-0.05, 0) is 39.7 Å². The van der Waals surface area contributed by atoms with Crippen LogP contribution in [0.5, 0.6) is 0 Å². The predicted octanol–water partition coefficient (Wildman–Crippen LogP) is 3.89. The quantitative estimate of drug-likeness (QED) is 0.905. The molecule has 0 bridgehead atoms. The molecule has 1 heterocycles. The summed E-state index contributed by atoms with van der Waals surface area (Å²) in [5.74, 6) is 0. The molecule has 15 heavy (non-hydrogen) atoms. The summed E-state index contributed by atoms with van der Waals surface area (Å²) >= 11 is 6.59. The lowest BCUT2D eigenvalue weighted by Crippen LogP contribution is -1.98. The summed E-state index contributed by atoms with van der Waals surface area (Å²) in [4.78, 5) is 0. The Labute approximate surface area is 104 Å². The van der Waals surface area contributed by atoms with Crippen molar-refractivity contribution >= 4 is 31.9 Å². The van der Waals surface area contributed by atoms with Crippen LogP contribution in [0.25, 0.3) is 0 Å². The highest BCUT2D eigenvalue weighted by Gasteiger charge is 2.15. The molecule has 1 aromatic carbocycles. The predicted molar refractivity (Wildman–Crippen MR) is 64.6 cm³/mol. The fourth-order valence-corrected chi connectivity index (χ4v) is 2.05. The van der Waals surface area contributed by atoms with Gasteiger partial charge in [-0.15, -0.1) is 0 Å². The molecule has 0 aliphatic heterocycles. The standard InChI is InChI=1S/C11H8Br2O2/c12-8-3-1-7(2-4-8)10(14)9-5-6-15-11(9)13/h1-6,10,14H. The third-order valence-corrected chi connectivity index (χ3v) is 3.30. The van der Waals surface area contributed by atoms with Crippen molar-refractivity contribution in [1.29, 1.82) is 0 Å². The van der Waals surface area contributed by atoms with E-state index >= 15 is 0 Å². The Hall–Kier alpha value is -0.580. The van der Waals surface area contributed by atoms with Crippen molar-refractivity contribution in [3.63, 3.8) is 0 Å². The largest absolute Gasteiger partial charge is 0.457 e. The fraction of sp³-hybridized carbons (Fsp3) is 0.0909. The average molecular weight is 332 g/mol. The van der Waals surface area contributed by atoms with E-state index in [1.165, 1.54) is 0 Å². The molecule has 1 atom stereocenters. The summed E-state index contributed by atoms with van der Waals surface area (Å²) in [6, 6.07) is 9.28. The minimum atomic E-state index is -0.661. The number of benzene rings is 1. The van der Waals surface area contributed by atoms with Gasteiger partial charge in [0.2, 0.25) is 0 Å². The first-order chi connectivity index (χ1) is 7.18. The van der Waals surface area contributed by atoms with E-state index in [1.54, 1.807) is 12.3 Å². The lowest BCUT2D eigenvalue weighted by Gasteiger charge is -2.09. The van der Waals surface area contributed by atoms with Crippen LogP contribution >= 0.6 is 31.9 Å². The highest BCUT2D eigenvalue weighted by Crippen LogP contribution is 2.29. The van der Waals surface area contributed by atoms with E-state index in [9.17, 15) is 5.11 Å². The van der Waals surface area contributed by atoms with Crippen LogP contribution in [0.3, 0.4) is 0 Å². The highest BCUT2D eigenvalue weighted by molar-refractivity contribution is 9.10. The average Bonchev–Trinajstić information content (AvgIpc) is 2.65. The number of hydrogen-bond acceptors (Lipinski definition) is 2. The molecule has 1 aromatic heterocycles. The Bertz CT molecular complexity index is 448.